The molecular weight excluding hydrogens is 312 g/mol. The minimum absolute atomic E-state index is 0.00986. The molecule has 1 aromatic rings. The third kappa shape index (κ3) is 8.35. The smallest absolute Gasteiger partial charge is 0.120 e. The van der Waals surface area contributed by atoms with Crippen molar-refractivity contribution in [1.82, 2.24) is 0 Å². The summed E-state index contributed by atoms with van der Waals surface area (Å²) in [5.41, 5.74) is 0.00986. The predicted molar refractivity (Wildman–Crippen MR) is 100 cm³/mol. The second kappa shape index (κ2) is 10.5. The Morgan fingerprint density at radius 2 is 2.05 bits per heavy atom. The molecule has 0 N–H and O–H groups in total. The van der Waals surface area contributed by atoms with E-state index < -0.39 is 0 Å². The van der Waals surface area contributed by atoms with Gasteiger partial charge in [-0.25, -0.2) is 0 Å². The lowest BCUT2D eigenvalue weighted by atomic mass is 9.95. The molecule has 0 fully saturated rings. The fourth-order valence-electron chi connectivity index (χ4n) is 2.48. The van der Waals surface area contributed by atoms with Crippen LogP contribution in [0, 0.1) is 5.92 Å². The molecule has 0 aliphatic heterocycles. The Bertz CT molecular complexity index is 421. The molecule has 1 unspecified atom stereocenters. The van der Waals surface area contributed by atoms with E-state index in [-0.39, 0.29) is 5.60 Å². The van der Waals surface area contributed by atoms with Gasteiger partial charge in [0.05, 0.1) is 12.2 Å². The lowest BCUT2D eigenvalue weighted by Crippen LogP contribution is -2.24. The molecule has 0 saturated carbocycles. The fraction of sp³-hybridized carbons (Fsp3) is 0.667. The number of ether oxygens (including phenoxy) is 2. The van der Waals surface area contributed by atoms with Gasteiger partial charge in [-0.3, -0.25) is 0 Å². The fourth-order valence-corrected chi connectivity index (χ4v) is 3.13. The van der Waals surface area contributed by atoms with Gasteiger partial charge < -0.3 is 9.47 Å². The topological polar surface area (TPSA) is 18.5 Å². The Morgan fingerprint density at radius 3 is 2.73 bits per heavy atom. The average molecular weight is 343 g/mol. The summed E-state index contributed by atoms with van der Waals surface area (Å²) in [6.07, 6.45) is 4.65. The zero-order valence-corrected chi connectivity index (χ0v) is 16.0. The van der Waals surface area contributed by atoms with Crippen molar-refractivity contribution in [2.75, 3.05) is 13.2 Å². The van der Waals surface area contributed by atoms with Crippen LogP contribution in [0.2, 0.25) is 0 Å². The van der Waals surface area contributed by atoms with Gasteiger partial charge in [-0.05, 0) is 57.7 Å². The molecular formula is C18H30O2S2. The van der Waals surface area contributed by atoms with Gasteiger partial charge in [0, 0.05) is 11.5 Å². The highest BCUT2D eigenvalue weighted by molar-refractivity contribution is 8.68. The van der Waals surface area contributed by atoms with E-state index >= 15 is 0 Å². The first-order valence-corrected chi connectivity index (χ1v) is 10.0. The third-order valence-corrected chi connectivity index (χ3v) is 4.90. The zero-order chi connectivity index (χ0) is 16.4. The first-order valence-electron chi connectivity index (χ1n) is 8.15. The van der Waals surface area contributed by atoms with Gasteiger partial charge in [-0.1, -0.05) is 36.6 Å². The Labute approximate surface area is 145 Å². The predicted octanol–water partition coefficient (Wildman–Crippen LogP) is 6.01. The van der Waals surface area contributed by atoms with Crippen molar-refractivity contribution in [3.8, 4) is 5.75 Å². The van der Waals surface area contributed by atoms with E-state index in [9.17, 15) is 0 Å². The lowest BCUT2D eigenvalue weighted by molar-refractivity contribution is -0.0183. The molecule has 0 aliphatic rings. The molecule has 0 spiro atoms. The summed E-state index contributed by atoms with van der Waals surface area (Å²) in [4.78, 5) is 1.12. The largest absolute Gasteiger partial charge is 0.494 e. The van der Waals surface area contributed by atoms with Crippen molar-refractivity contribution in [3.63, 3.8) is 0 Å². The van der Waals surface area contributed by atoms with Gasteiger partial charge in [-0.15, -0.1) is 11.7 Å². The van der Waals surface area contributed by atoms with Crippen molar-refractivity contribution in [3.05, 3.63) is 24.3 Å². The Balaban J connectivity index is 2.19. The van der Waals surface area contributed by atoms with E-state index in [0.29, 0.717) is 5.92 Å². The van der Waals surface area contributed by atoms with Crippen LogP contribution in [-0.2, 0) is 4.74 Å². The highest BCUT2D eigenvalue weighted by Crippen LogP contribution is 2.26. The second-order valence-electron chi connectivity index (χ2n) is 6.39. The van der Waals surface area contributed by atoms with E-state index in [2.05, 4.69) is 39.4 Å². The number of benzene rings is 1. The molecule has 0 aromatic heterocycles. The molecule has 0 saturated heterocycles. The van der Waals surface area contributed by atoms with Crippen LogP contribution in [0.1, 0.15) is 53.4 Å². The van der Waals surface area contributed by atoms with Gasteiger partial charge in [0.1, 0.15) is 5.75 Å². The number of thiol groups is 1. The molecule has 0 aliphatic carbocycles. The first-order chi connectivity index (χ1) is 10.5. The molecule has 0 bridgehead atoms. The van der Waals surface area contributed by atoms with Crippen LogP contribution in [-0.4, -0.2) is 18.8 Å². The monoisotopic (exact) mass is 342 g/mol. The van der Waals surface area contributed by atoms with Crippen molar-refractivity contribution < 1.29 is 9.47 Å². The minimum atomic E-state index is 0.00986. The highest BCUT2D eigenvalue weighted by atomic mass is 33.1. The maximum atomic E-state index is 5.83. The zero-order valence-electron chi connectivity index (χ0n) is 14.3. The molecule has 1 atom stereocenters. The SMILES string of the molecule is CCOC(C)(C)CCCC(C)CCOc1cccc(SS)c1. The third-order valence-electron chi connectivity index (χ3n) is 3.80. The van der Waals surface area contributed by atoms with Gasteiger partial charge in [0.25, 0.3) is 0 Å². The van der Waals surface area contributed by atoms with Gasteiger partial charge in [-0.2, -0.15) is 0 Å². The summed E-state index contributed by atoms with van der Waals surface area (Å²) in [6, 6.07) is 8.08. The minimum Gasteiger partial charge on any atom is -0.494 e. The summed E-state index contributed by atoms with van der Waals surface area (Å²) < 4.78 is 11.6. The van der Waals surface area contributed by atoms with Crippen LogP contribution >= 0.6 is 22.5 Å². The van der Waals surface area contributed by atoms with E-state index in [0.717, 1.165) is 36.7 Å². The molecule has 1 rings (SSSR count). The van der Waals surface area contributed by atoms with Gasteiger partial charge >= 0.3 is 0 Å². The lowest BCUT2D eigenvalue weighted by Gasteiger charge is -2.25. The van der Waals surface area contributed by atoms with Crippen molar-refractivity contribution >= 4 is 22.5 Å². The van der Waals surface area contributed by atoms with Crippen LogP contribution in [0.25, 0.3) is 0 Å². The summed E-state index contributed by atoms with van der Waals surface area (Å²) in [5, 5.41) is 0. The van der Waals surface area contributed by atoms with Gasteiger partial charge in [0.2, 0.25) is 0 Å². The maximum absolute atomic E-state index is 5.83. The number of rotatable bonds is 11. The molecule has 0 amide bonds. The highest BCUT2D eigenvalue weighted by Gasteiger charge is 2.17. The van der Waals surface area contributed by atoms with E-state index in [1.807, 2.05) is 24.3 Å². The summed E-state index contributed by atoms with van der Waals surface area (Å²) in [7, 11) is 1.44. The molecule has 0 radical (unpaired) electrons. The standard InChI is InChI=1S/C18H30O2S2/c1-5-20-18(3,4)12-7-8-15(2)11-13-19-16-9-6-10-17(14-16)22-21/h6,9-10,14-15,21H,5,7-8,11-13H2,1-4H3. The van der Waals surface area contributed by atoms with Crippen LogP contribution in [0.4, 0.5) is 0 Å². The average Bonchev–Trinajstić information content (AvgIpc) is 2.47. The van der Waals surface area contributed by atoms with Crippen LogP contribution in [0.15, 0.2) is 29.2 Å². The summed E-state index contributed by atoms with van der Waals surface area (Å²) in [6.45, 7) is 10.3. The molecule has 126 valence electrons. The van der Waals surface area contributed by atoms with E-state index in [1.54, 1.807) is 0 Å². The van der Waals surface area contributed by atoms with Crippen molar-refractivity contribution in [2.45, 2.75) is 63.9 Å². The van der Waals surface area contributed by atoms with E-state index in [4.69, 9.17) is 9.47 Å². The Morgan fingerprint density at radius 1 is 1.27 bits per heavy atom. The maximum Gasteiger partial charge on any atom is 0.120 e. The first kappa shape index (κ1) is 19.7. The van der Waals surface area contributed by atoms with Crippen LogP contribution in [0.3, 0.4) is 0 Å². The van der Waals surface area contributed by atoms with Gasteiger partial charge in [0.15, 0.2) is 0 Å². The molecule has 4 heteroatoms. The molecule has 1 aromatic carbocycles. The van der Waals surface area contributed by atoms with Crippen molar-refractivity contribution in [1.29, 1.82) is 0 Å². The second-order valence-corrected chi connectivity index (χ2v) is 7.60. The van der Waals surface area contributed by atoms with E-state index in [1.165, 1.54) is 23.6 Å². The van der Waals surface area contributed by atoms with Crippen molar-refractivity contribution in [2.24, 2.45) is 5.92 Å². The molecule has 2 nitrogen and oxygen atoms in total. The summed E-state index contributed by atoms with van der Waals surface area (Å²) in [5.74, 6) is 1.61. The number of hydrogen-bond donors (Lipinski definition) is 1. The Hall–Kier alpha value is -0.320. The molecule has 22 heavy (non-hydrogen) atoms. The molecule has 0 heterocycles. The Kier molecular flexibility index (Phi) is 9.37. The van der Waals surface area contributed by atoms with Crippen LogP contribution in [0.5, 0.6) is 5.75 Å². The normalized spacial score (nSPS) is 13.1. The number of hydrogen-bond acceptors (Lipinski definition) is 4. The summed E-state index contributed by atoms with van der Waals surface area (Å²) >= 11 is 4.21. The van der Waals surface area contributed by atoms with Crippen LogP contribution < -0.4 is 4.74 Å². The quantitative estimate of drug-likeness (QED) is 0.392.